The van der Waals surface area contributed by atoms with Crippen molar-refractivity contribution in [1.29, 1.82) is 0 Å². The third-order valence-electron chi connectivity index (χ3n) is 1.23. The van der Waals surface area contributed by atoms with Gasteiger partial charge in [-0.25, -0.2) is 4.79 Å². The summed E-state index contributed by atoms with van der Waals surface area (Å²) in [6, 6.07) is 1.30. The Morgan fingerprint density at radius 1 is 1.67 bits per heavy atom. The molecule has 1 heterocycles. The van der Waals surface area contributed by atoms with Gasteiger partial charge in [0.05, 0.1) is 6.20 Å². The predicted octanol–water partition coefficient (Wildman–Crippen LogP) is 0.108. The number of pyridine rings is 1. The number of nitrogens with zero attached hydrogens (tertiary/aromatic N) is 1. The minimum atomic E-state index is -1.11. The Morgan fingerprint density at radius 2 is 2.42 bits per heavy atom. The number of carboxylic acid groups (broad SMARTS) is 1. The van der Waals surface area contributed by atoms with Gasteiger partial charge in [0.25, 0.3) is 0 Å². The Morgan fingerprint density at radius 3 is 3.00 bits per heavy atom. The van der Waals surface area contributed by atoms with Crippen LogP contribution in [-0.2, 0) is 0 Å². The third kappa shape index (κ3) is 1.70. The average molecular weight is 169 g/mol. The zero-order chi connectivity index (χ0) is 8.97. The summed E-state index contributed by atoms with van der Waals surface area (Å²) in [5.74, 6) is -1.05. The van der Waals surface area contributed by atoms with E-state index in [0.29, 0.717) is 0 Å². The maximum absolute atomic E-state index is 10.5. The molecule has 0 spiro atoms. The fourth-order valence-electron chi connectivity index (χ4n) is 0.741. The van der Waals surface area contributed by atoms with Gasteiger partial charge >= 0.3 is 5.97 Å². The van der Waals surface area contributed by atoms with Crippen molar-refractivity contribution < 1.29 is 19.7 Å². The van der Waals surface area contributed by atoms with Crippen molar-refractivity contribution in [3.05, 3.63) is 24.0 Å². The Kier molecular flexibility index (Phi) is 2.60. The lowest BCUT2D eigenvalue weighted by atomic mass is 10.2. The molecule has 0 atom stereocenters. The van der Waals surface area contributed by atoms with E-state index in [2.05, 4.69) is 9.72 Å². The molecule has 0 aliphatic rings. The van der Waals surface area contributed by atoms with Gasteiger partial charge in [0, 0.05) is 6.20 Å². The molecule has 0 radical (unpaired) electrons. The summed E-state index contributed by atoms with van der Waals surface area (Å²) in [5.41, 5.74) is -0.0148. The first-order chi connectivity index (χ1) is 5.75. The van der Waals surface area contributed by atoms with Crippen molar-refractivity contribution in [2.75, 3.05) is 6.79 Å². The monoisotopic (exact) mass is 169 g/mol. The highest BCUT2D eigenvalue weighted by Crippen LogP contribution is 2.15. The number of ether oxygens (including phenoxy) is 1. The molecule has 0 bridgehead atoms. The van der Waals surface area contributed by atoms with Gasteiger partial charge in [-0.1, -0.05) is 0 Å². The first-order valence-corrected chi connectivity index (χ1v) is 3.16. The van der Waals surface area contributed by atoms with Crippen molar-refractivity contribution in [2.24, 2.45) is 0 Å². The van der Waals surface area contributed by atoms with Gasteiger partial charge < -0.3 is 14.9 Å². The lowest BCUT2D eigenvalue weighted by molar-refractivity contribution is 0.0674. The predicted molar refractivity (Wildman–Crippen MR) is 38.9 cm³/mol. The molecule has 0 aliphatic heterocycles. The van der Waals surface area contributed by atoms with E-state index in [1.807, 2.05) is 0 Å². The molecule has 0 fully saturated rings. The smallest absolute Gasteiger partial charge is 0.339 e. The highest BCUT2D eigenvalue weighted by atomic mass is 16.6. The van der Waals surface area contributed by atoms with Crippen molar-refractivity contribution in [3.63, 3.8) is 0 Å². The number of hydrogen-bond acceptors (Lipinski definition) is 4. The summed E-state index contributed by atoms with van der Waals surface area (Å²) < 4.78 is 4.61. The number of aromatic carboxylic acids is 1. The second-order valence-corrected chi connectivity index (χ2v) is 1.95. The van der Waals surface area contributed by atoms with E-state index in [0.717, 1.165) is 0 Å². The molecule has 5 nitrogen and oxygen atoms in total. The molecule has 0 amide bonds. The molecule has 0 aromatic carbocycles. The summed E-state index contributed by atoms with van der Waals surface area (Å²) in [4.78, 5) is 14.2. The molecule has 1 rings (SSSR count). The highest BCUT2D eigenvalue weighted by molar-refractivity contribution is 5.90. The lowest BCUT2D eigenvalue weighted by Crippen LogP contribution is -2.03. The lowest BCUT2D eigenvalue weighted by Gasteiger charge is -2.03. The fourth-order valence-corrected chi connectivity index (χ4v) is 0.741. The molecule has 0 aliphatic carbocycles. The van der Waals surface area contributed by atoms with Gasteiger partial charge in [-0.15, -0.1) is 0 Å². The van der Waals surface area contributed by atoms with Crippen LogP contribution in [0.3, 0.4) is 0 Å². The van der Waals surface area contributed by atoms with Gasteiger partial charge in [0.2, 0.25) is 0 Å². The number of aliphatic hydroxyl groups is 1. The van der Waals surface area contributed by atoms with Crippen molar-refractivity contribution in [3.8, 4) is 5.75 Å². The first kappa shape index (κ1) is 8.48. The summed E-state index contributed by atoms with van der Waals surface area (Å²) in [7, 11) is 0. The van der Waals surface area contributed by atoms with Crippen molar-refractivity contribution in [2.45, 2.75) is 0 Å². The number of aliphatic hydroxyl groups excluding tert-OH is 1. The van der Waals surface area contributed by atoms with Crippen LogP contribution in [0.15, 0.2) is 18.5 Å². The molecule has 12 heavy (non-hydrogen) atoms. The molecule has 0 unspecified atom stereocenters. The van der Waals surface area contributed by atoms with Crippen molar-refractivity contribution >= 4 is 5.97 Å². The molecule has 64 valence electrons. The van der Waals surface area contributed by atoms with E-state index in [1.54, 1.807) is 0 Å². The van der Waals surface area contributed by atoms with Gasteiger partial charge in [-0.05, 0) is 6.07 Å². The molecule has 5 heteroatoms. The Labute approximate surface area is 68.2 Å². The quantitative estimate of drug-likeness (QED) is 0.627. The van der Waals surface area contributed by atoms with Crippen LogP contribution < -0.4 is 4.74 Å². The van der Waals surface area contributed by atoms with Crippen LogP contribution in [0.4, 0.5) is 0 Å². The normalized spacial score (nSPS) is 9.42. The van der Waals surface area contributed by atoms with E-state index in [4.69, 9.17) is 10.2 Å². The van der Waals surface area contributed by atoms with Crippen LogP contribution in [0.1, 0.15) is 10.4 Å². The van der Waals surface area contributed by atoms with E-state index in [-0.39, 0.29) is 11.3 Å². The third-order valence-corrected chi connectivity index (χ3v) is 1.23. The van der Waals surface area contributed by atoms with Crippen LogP contribution in [0.2, 0.25) is 0 Å². The Bertz CT molecular complexity index is 286. The van der Waals surface area contributed by atoms with Crippen LogP contribution in [0.25, 0.3) is 0 Å². The SMILES string of the molecule is O=C(O)c1ccncc1OCO. The van der Waals surface area contributed by atoms with E-state index in [9.17, 15) is 4.79 Å². The minimum absolute atomic E-state index is 0.0148. The number of aromatic nitrogens is 1. The second-order valence-electron chi connectivity index (χ2n) is 1.95. The molecular weight excluding hydrogens is 162 g/mol. The first-order valence-electron chi connectivity index (χ1n) is 3.16. The highest BCUT2D eigenvalue weighted by Gasteiger charge is 2.09. The van der Waals surface area contributed by atoms with E-state index >= 15 is 0 Å². The Hall–Kier alpha value is -1.62. The van der Waals surface area contributed by atoms with E-state index in [1.165, 1.54) is 18.5 Å². The number of carboxylic acids is 1. The summed E-state index contributed by atoms with van der Waals surface area (Å²) in [5, 5.41) is 17.0. The maximum Gasteiger partial charge on any atom is 0.339 e. The molecule has 2 N–H and O–H groups in total. The molecular formula is C7H7NO4. The summed E-state index contributed by atoms with van der Waals surface area (Å²) in [6.45, 7) is -0.564. The van der Waals surface area contributed by atoms with Crippen LogP contribution in [-0.4, -0.2) is 28.0 Å². The fraction of sp³-hybridized carbons (Fsp3) is 0.143. The maximum atomic E-state index is 10.5. The summed E-state index contributed by atoms with van der Waals surface area (Å²) >= 11 is 0. The van der Waals surface area contributed by atoms with E-state index < -0.39 is 12.8 Å². The minimum Gasteiger partial charge on any atom is -0.478 e. The largest absolute Gasteiger partial charge is 0.478 e. The molecule has 0 saturated heterocycles. The zero-order valence-electron chi connectivity index (χ0n) is 6.10. The van der Waals surface area contributed by atoms with Crippen LogP contribution >= 0.6 is 0 Å². The number of carbonyl (C=O) groups is 1. The van der Waals surface area contributed by atoms with Crippen LogP contribution in [0.5, 0.6) is 5.75 Å². The molecule has 1 aromatic heterocycles. The topological polar surface area (TPSA) is 79.7 Å². The molecule has 1 aromatic rings. The standard InChI is InChI=1S/C7H7NO4/c9-4-12-6-3-8-2-1-5(6)7(10)11/h1-3,9H,4H2,(H,10,11). The number of rotatable bonds is 3. The van der Waals surface area contributed by atoms with Gasteiger partial charge in [-0.2, -0.15) is 0 Å². The van der Waals surface area contributed by atoms with Crippen LogP contribution in [0, 0.1) is 0 Å². The van der Waals surface area contributed by atoms with Gasteiger partial charge in [0.1, 0.15) is 5.56 Å². The molecule has 0 saturated carbocycles. The number of hydrogen-bond donors (Lipinski definition) is 2. The van der Waals surface area contributed by atoms with Gasteiger partial charge in [0.15, 0.2) is 12.5 Å². The second kappa shape index (κ2) is 3.68. The van der Waals surface area contributed by atoms with Gasteiger partial charge in [-0.3, -0.25) is 4.98 Å². The Balaban J connectivity index is 3.00. The van der Waals surface area contributed by atoms with Crippen molar-refractivity contribution in [1.82, 2.24) is 4.98 Å². The average Bonchev–Trinajstić information content (AvgIpc) is 2.05. The zero-order valence-corrected chi connectivity index (χ0v) is 6.10. The summed E-state index contributed by atoms with van der Waals surface area (Å²) in [6.07, 6.45) is 2.58.